The van der Waals surface area contributed by atoms with Gasteiger partial charge in [-0.15, -0.1) is 0 Å². The Morgan fingerprint density at radius 2 is 2.00 bits per heavy atom. The van der Waals surface area contributed by atoms with Crippen molar-refractivity contribution in [3.63, 3.8) is 0 Å². The van der Waals surface area contributed by atoms with Crippen molar-refractivity contribution in [2.24, 2.45) is 5.92 Å². The normalized spacial score (nSPS) is 22.0. The van der Waals surface area contributed by atoms with Gasteiger partial charge in [0.1, 0.15) is 23.9 Å². The minimum atomic E-state index is -4.75. The molecule has 2 atom stereocenters. The highest BCUT2D eigenvalue weighted by Gasteiger charge is 2.53. The van der Waals surface area contributed by atoms with Gasteiger partial charge in [0.05, 0.1) is 36.3 Å². The first-order valence-corrected chi connectivity index (χ1v) is 9.41. The van der Waals surface area contributed by atoms with E-state index in [1.165, 1.54) is 0 Å². The molecule has 2 aromatic rings. The van der Waals surface area contributed by atoms with Crippen molar-refractivity contribution in [1.82, 2.24) is 24.2 Å². The summed E-state index contributed by atoms with van der Waals surface area (Å²) >= 11 is 5.64. The highest BCUT2D eigenvalue weighted by molar-refractivity contribution is 6.30. The quantitative estimate of drug-likeness (QED) is 0.670. The lowest BCUT2D eigenvalue weighted by molar-refractivity contribution is -0.198. The number of carbonyl (C=O) groups excluding carboxylic acids is 1. The topological polar surface area (TPSA) is 73.0 Å². The Hall–Kier alpha value is -2.50. The van der Waals surface area contributed by atoms with Gasteiger partial charge in [-0.05, 0) is 12.5 Å². The van der Waals surface area contributed by atoms with Gasteiger partial charge in [-0.25, -0.2) is 18.3 Å². The van der Waals surface area contributed by atoms with Crippen LogP contribution in [-0.4, -0.2) is 55.6 Å². The lowest BCUT2D eigenvalue weighted by Crippen LogP contribution is -2.57. The lowest BCUT2D eigenvalue weighted by atomic mass is 9.88. The highest BCUT2D eigenvalue weighted by atomic mass is 35.5. The third kappa shape index (κ3) is 3.57. The predicted molar refractivity (Wildman–Crippen MR) is 93.2 cm³/mol. The van der Waals surface area contributed by atoms with E-state index in [4.69, 9.17) is 11.6 Å². The van der Waals surface area contributed by atoms with Crippen molar-refractivity contribution < 1.29 is 26.7 Å². The summed E-state index contributed by atoms with van der Waals surface area (Å²) in [7, 11) is 0. The van der Waals surface area contributed by atoms with E-state index in [0.717, 1.165) is 21.8 Å². The molecule has 162 valence electrons. The minimum absolute atomic E-state index is 0.0226. The van der Waals surface area contributed by atoms with Crippen LogP contribution >= 0.6 is 11.6 Å². The fraction of sp³-hybridized carbons (Fsp3) is 0.529. The van der Waals surface area contributed by atoms with Crippen LogP contribution < -0.4 is 5.69 Å². The summed E-state index contributed by atoms with van der Waals surface area (Å²) in [6.45, 7) is -1.09. The molecule has 0 bridgehead atoms. The molecule has 1 saturated heterocycles. The van der Waals surface area contributed by atoms with Gasteiger partial charge in [0.15, 0.2) is 0 Å². The fourth-order valence-electron chi connectivity index (χ4n) is 3.76. The first kappa shape index (κ1) is 20.8. The zero-order valence-corrected chi connectivity index (χ0v) is 16.0. The molecule has 30 heavy (non-hydrogen) atoms. The second-order valence-electron chi connectivity index (χ2n) is 7.28. The first-order valence-electron chi connectivity index (χ1n) is 9.04. The van der Waals surface area contributed by atoms with Gasteiger partial charge in [0.2, 0.25) is 5.91 Å². The molecule has 1 amide bonds. The lowest BCUT2D eigenvalue weighted by Gasteiger charge is -2.40. The van der Waals surface area contributed by atoms with Crippen molar-refractivity contribution >= 4 is 17.5 Å². The van der Waals surface area contributed by atoms with Crippen molar-refractivity contribution in [2.75, 3.05) is 13.1 Å². The van der Waals surface area contributed by atoms with Crippen LogP contribution in [0.2, 0.25) is 5.02 Å². The van der Waals surface area contributed by atoms with Crippen LogP contribution in [0.15, 0.2) is 17.1 Å². The Labute approximate surface area is 171 Å². The van der Waals surface area contributed by atoms with Gasteiger partial charge < -0.3 is 4.90 Å². The number of aromatic nitrogens is 4. The molecule has 4 heterocycles. The monoisotopic (exact) mass is 451 g/mol. The third-order valence-electron chi connectivity index (χ3n) is 5.29. The number of carbonyl (C=O) groups is 1. The average Bonchev–Trinajstić information content (AvgIpc) is 2.95. The number of hydrogen-bond donors (Lipinski definition) is 0. The molecule has 2 aromatic heterocycles. The maximum Gasteiger partial charge on any atom is 0.394 e. The fourth-order valence-corrected chi connectivity index (χ4v) is 3.90. The number of hydrogen-bond acceptors (Lipinski definition) is 4. The molecule has 2 unspecified atom stereocenters. The summed E-state index contributed by atoms with van der Waals surface area (Å²) in [6.07, 6.45) is -5.54. The van der Waals surface area contributed by atoms with E-state index in [1.807, 2.05) is 0 Å². The van der Waals surface area contributed by atoms with Crippen LogP contribution in [0, 0.1) is 11.7 Å². The maximum atomic E-state index is 14.0. The molecule has 0 spiro atoms. The van der Waals surface area contributed by atoms with Crippen LogP contribution in [0.4, 0.5) is 22.0 Å². The van der Waals surface area contributed by atoms with E-state index in [1.54, 1.807) is 0 Å². The largest absolute Gasteiger partial charge is 0.394 e. The van der Waals surface area contributed by atoms with E-state index >= 15 is 0 Å². The summed E-state index contributed by atoms with van der Waals surface area (Å²) in [4.78, 5) is 30.3. The van der Waals surface area contributed by atoms with Crippen molar-refractivity contribution in [3.8, 4) is 0 Å². The van der Waals surface area contributed by atoms with E-state index in [2.05, 4.69) is 10.1 Å². The summed E-state index contributed by atoms with van der Waals surface area (Å²) in [5.41, 5.74) is -1.18. The summed E-state index contributed by atoms with van der Waals surface area (Å²) in [6, 6.07) is -0.903. The maximum absolute atomic E-state index is 14.0. The Morgan fingerprint density at radius 1 is 1.30 bits per heavy atom. The van der Waals surface area contributed by atoms with Crippen LogP contribution in [0.1, 0.15) is 24.0 Å². The average molecular weight is 452 g/mol. The standard InChI is InChI=1S/C17H15ClF5N5O2/c18-8-3-11(20)12(24-4-8)7-27-16(30)28-13(25-27)2-1-10(17(21,22)23)14(28)15(29)26-5-9(19)6-26/h3-4,9-10,14H,1-2,5-7H2. The molecule has 0 aromatic carbocycles. The molecule has 0 N–H and O–H groups in total. The van der Waals surface area contributed by atoms with Crippen LogP contribution in [0.5, 0.6) is 0 Å². The Bertz CT molecular complexity index is 1050. The van der Waals surface area contributed by atoms with E-state index < -0.39 is 54.7 Å². The van der Waals surface area contributed by atoms with Crippen LogP contribution in [0.3, 0.4) is 0 Å². The number of fused-ring (bicyclic) bond motifs is 1. The first-order chi connectivity index (χ1) is 14.1. The smallest absolute Gasteiger partial charge is 0.335 e. The van der Waals surface area contributed by atoms with Gasteiger partial charge in [-0.1, -0.05) is 11.6 Å². The Kier molecular flexibility index (Phi) is 5.07. The number of alkyl halides is 4. The molecule has 1 fully saturated rings. The molecule has 13 heteroatoms. The second-order valence-corrected chi connectivity index (χ2v) is 7.72. The zero-order chi connectivity index (χ0) is 21.8. The number of aryl methyl sites for hydroxylation is 1. The molecular weight excluding hydrogens is 437 g/mol. The third-order valence-corrected chi connectivity index (χ3v) is 5.49. The van der Waals surface area contributed by atoms with Gasteiger partial charge >= 0.3 is 11.9 Å². The number of nitrogens with zero attached hydrogens (tertiary/aromatic N) is 5. The SMILES string of the molecule is O=C(C1C(C(F)(F)F)CCc2nn(Cc3ncc(Cl)cc3F)c(=O)n21)N1CC(F)C1. The molecule has 0 aliphatic carbocycles. The number of rotatable bonds is 3. The van der Waals surface area contributed by atoms with Gasteiger partial charge in [-0.3, -0.25) is 14.3 Å². The minimum Gasteiger partial charge on any atom is -0.335 e. The van der Waals surface area contributed by atoms with Crippen molar-refractivity contribution in [3.05, 3.63) is 45.1 Å². The van der Waals surface area contributed by atoms with Crippen molar-refractivity contribution in [1.29, 1.82) is 0 Å². The van der Waals surface area contributed by atoms with Crippen LogP contribution in [-0.2, 0) is 17.8 Å². The molecule has 7 nitrogen and oxygen atoms in total. The van der Waals surface area contributed by atoms with Gasteiger partial charge in [0.25, 0.3) is 0 Å². The molecule has 4 rings (SSSR count). The van der Waals surface area contributed by atoms with Crippen LogP contribution in [0.25, 0.3) is 0 Å². The molecule has 0 saturated carbocycles. The summed E-state index contributed by atoms with van der Waals surface area (Å²) < 4.78 is 69.5. The summed E-state index contributed by atoms with van der Waals surface area (Å²) in [5, 5.41) is 4.03. The summed E-state index contributed by atoms with van der Waals surface area (Å²) in [5.74, 6) is -3.93. The van der Waals surface area contributed by atoms with Crippen molar-refractivity contribution in [2.45, 2.75) is 37.8 Å². The second kappa shape index (κ2) is 7.33. The van der Waals surface area contributed by atoms with E-state index in [9.17, 15) is 31.5 Å². The molecule has 2 aliphatic heterocycles. The van der Waals surface area contributed by atoms with E-state index in [0.29, 0.717) is 4.57 Å². The number of likely N-dealkylation sites (tertiary alicyclic amines) is 1. The predicted octanol–water partition coefficient (Wildman–Crippen LogP) is 2.13. The number of halogens is 6. The Morgan fingerprint density at radius 3 is 2.60 bits per heavy atom. The highest BCUT2D eigenvalue weighted by Crippen LogP contribution is 2.42. The molecule has 2 aliphatic rings. The molecular formula is C17H15ClF5N5O2. The Balaban J connectivity index is 1.73. The van der Waals surface area contributed by atoms with Gasteiger partial charge in [-0.2, -0.15) is 18.3 Å². The van der Waals surface area contributed by atoms with E-state index in [-0.39, 0.29) is 36.1 Å². The number of amides is 1. The molecule has 0 radical (unpaired) electrons. The zero-order valence-electron chi connectivity index (χ0n) is 15.2. The number of pyridine rings is 1. The van der Waals surface area contributed by atoms with Gasteiger partial charge in [0, 0.05) is 12.6 Å².